The van der Waals surface area contributed by atoms with E-state index in [2.05, 4.69) is 31.3 Å². The van der Waals surface area contributed by atoms with E-state index in [1.165, 1.54) is 18.5 Å². The van der Waals surface area contributed by atoms with Gasteiger partial charge < -0.3 is 26.0 Å². The first-order valence-corrected chi connectivity index (χ1v) is 14.2. The van der Waals surface area contributed by atoms with Crippen LogP contribution in [0.1, 0.15) is 65.0 Å². The lowest BCUT2D eigenvalue weighted by Crippen LogP contribution is -2.44. The van der Waals surface area contributed by atoms with Gasteiger partial charge in [0.05, 0.1) is 36.2 Å². The van der Waals surface area contributed by atoms with E-state index in [4.69, 9.17) is 21.3 Å². The molecule has 2 fully saturated rings. The van der Waals surface area contributed by atoms with Crippen LogP contribution in [0.15, 0.2) is 12.4 Å². The number of anilines is 1. The molecule has 0 radical (unpaired) electrons. The van der Waals surface area contributed by atoms with Gasteiger partial charge in [0.1, 0.15) is 6.61 Å². The van der Waals surface area contributed by atoms with E-state index in [9.17, 15) is 9.59 Å². The van der Waals surface area contributed by atoms with E-state index in [1.807, 2.05) is 38.7 Å². The molecule has 4 N–H and O–H groups in total. The molecule has 0 saturated heterocycles. The summed E-state index contributed by atoms with van der Waals surface area (Å²) >= 11 is 6.51. The van der Waals surface area contributed by atoms with Crippen molar-refractivity contribution in [3.8, 4) is 11.3 Å². The molecule has 0 aliphatic heterocycles. The molecular formula is C27H41ClN8O3. The standard InChI is InChI=1S/C27H41ClN8O3/c1-27(2,3)35-26(38)39-12-11-29-23(37)16-30-18-7-9-19(10-8-18)33-25-31-15-21(28)24(34-25)20-14-32-36(4)22(20)13-17-5-6-17/h14-15,17-19,30H,5-13,16H2,1-4H3,(H,29,37)(H,35,38)(H,31,33,34). The SMILES string of the molecule is Cn1ncc(-c2nc(NC3CCC(NCC(=O)NCCOC(=O)NC(C)(C)C)CC3)ncc2Cl)c1CC1CC1. The highest BCUT2D eigenvalue weighted by Gasteiger charge is 2.27. The summed E-state index contributed by atoms with van der Waals surface area (Å²) in [7, 11) is 1.97. The Hall–Kier alpha value is -2.92. The monoisotopic (exact) mass is 560 g/mol. The van der Waals surface area contributed by atoms with Gasteiger partial charge in [0.25, 0.3) is 0 Å². The first-order valence-electron chi connectivity index (χ1n) is 13.8. The second-order valence-corrected chi connectivity index (χ2v) is 12.0. The zero-order valence-corrected chi connectivity index (χ0v) is 24.1. The first kappa shape index (κ1) is 29.1. The average Bonchev–Trinajstić information content (AvgIpc) is 3.63. The molecule has 11 nitrogen and oxygen atoms in total. The number of hydrogen-bond donors (Lipinski definition) is 4. The van der Waals surface area contributed by atoms with Crippen molar-refractivity contribution in [3.63, 3.8) is 0 Å². The van der Waals surface area contributed by atoms with Crippen molar-refractivity contribution in [2.24, 2.45) is 13.0 Å². The number of nitrogens with one attached hydrogen (secondary N) is 4. The Morgan fingerprint density at radius 1 is 1.10 bits per heavy atom. The lowest BCUT2D eigenvalue weighted by molar-refractivity contribution is -0.120. The summed E-state index contributed by atoms with van der Waals surface area (Å²) in [5, 5.41) is 17.3. The van der Waals surface area contributed by atoms with Crippen LogP contribution in [-0.4, -0.2) is 69.1 Å². The largest absolute Gasteiger partial charge is 0.448 e. The van der Waals surface area contributed by atoms with E-state index in [0.717, 1.165) is 49.3 Å². The van der Waals surface area contributed by atoms with Crippen molar-refractivity contribution in [1.29, 1.82) is 0 Å². The van der Waals surface area contributed by atoms with Crippen molar-refractivity contribution in [3.05, 3.63) is 23.1 Å². The summed E-state index contributed by atoms with van der Waals surface area (Å²) in [4.78, 5) is 33.0. The van der Waals surface area contributed by atoms with Gasteiger partial charge in [-0.25, -0.2) is 14.8 Å². The van der Waals surface area contributed by atoms with Crippen molar-refractivity contribution >= 4 is 29.5 Å². The summed E-state index contributed by atoms with van der Waals surface area (Å²) in [5.74, 6) is 1.19. The Labute approximate surface area is 235 Å². The average molecular weight is 561 g/mol. The fraction of sp³-hybridized carbons (Fsp3) is 0.667. The van der Waals surface area contributed by atoms with Crippen molar-refractivity contribution < 1.29 is 14.3 Å². The topological polar surface area (TPSA) is 135 Å². The second kappa shape index (κ2) is 13.0. The third-order valence-corrected chi connectivity index (χ3v) is 7.26. The number of nitrogens with zero attached hydrogens (tertiary/aromatic N) is 4. The number of halogens is 1. The molecule has 214 valence electrons. The van der Waals surface area contributed by atoms with Gasteiger partial charge in [0, 0.05) is 35.9 Å². The minimum Gasteiger partial charge on any atom is -0.448 e. The molecular weight excluding hydrogens is 520 g/mol. The van der Waals surface area contributed by atoms with Crippen LogP contribution in [0.3, 0.4) is 0 Å². The molecule has 4 rings (SSSR count). The predicted octanol–water partition coefficient (Wildman–Crippen LogP) is 3.44. The Morgan fingerprint density at radius 3 is 2.51 bits per heavy atom. The first-order chi connectivity index (χ1) is 18.6. The highest BCUT2D eigenvalue weighted by atomic mass is 35.5. The van der Waals surface area contributed by atoms with Gasteiger partial charge >= 0.3 is 6.09 Å². The number of carbonyl (C=O) groups excluding carboxylic acids is 2. The maximum absolute atomic E-state index is 12.2. The number of ether oxygens (including phenoxy) is 1. The van der Waals surface area contributed by atoms with Crippen molar-refractivity contribution in [2.75, 3.05) is 25.0 Å². The fourth-order valence-electron chi connectivity index (χ4n) is 4.72. The minimum absolute atomic E-state index is 0.117. The van der Waals surface area contributed by atoms with Crippen molar-refractivity contribution in [2.45, 2.75) is 83.3 Å². The van der Waals surface area contributed by atoms with Crippen LogP contribution >= 0.6 is 11.6 Å². The smallest absolute Gasteiger partial charge is 0.407 e. The number of amides is 2. The number of aryl methyl sites for hydroxylation is 1. The zero-order valence-electron chi connectivity index (χ0n) is 23.3. The van der Waals surface area contributed by atoms with Crippen LogP contribution in [0.4, 0.5) is 10.7 Å². The van der Waals surface area contributed by atoms with Crippen molar-refractivity contribution in [1.82, 2.24) is 35.7 Å². The minimum atomic E-state index is -0.490. The lowest BCUT2D eigenvalue weighted by Gasteiger charge is -2.29. The molecule has 2 heterocycles. The predicted molar refractivity (Wildman–Crippen MR) is 151 cm³/mol. The van der Waals surface area contributed by atoms with Gasteiger partial charge in [-0.2, -0.15) is 5.10 Å². The highest BCUT2D eigenvalue weighted by molar-refractivity contribution is 6.32. The normalized spacial score (nSPS) is 19.4. The highest BCUT2D eigenvalue weighted by Crippen LogP contribution is 2.37. The Morgan fingerprint density at radius 2 is 1.82 bits per heavy atom. The summed E-state index contributed by atoms with van der Waals surface area (Å²) < 4.78 is 7.00. The Balaban J connectivity index is 1.17. The molecule has 0 unspecified atom stereocenters. The number of hydrogen-bond acceptors (Lipinski definition) is 8. The molecule has 0 spiro atoms. The van der Waals surface area contributed by atoms with Crippen LogP contribution < -0.4 is 21.3 Å². The van der Waals surface area contributed by atoms with Gasteiger partial charge in [-0.1, -0.05) is 11.6 Å². The van der Waals surface area contributed by atoms with Gasteiger partial charge in [0.2, 0.25) is 11.9 Å². The van der Waals surface area contributed by atoms with E-state index in [0.29, 0.717) is 11.0 Å². The summed E-state index contributed by atoms with van der Waals surface area (Å²) in [6.07, 6.45) is 10.3. The Kier molecular flexibility index (Phi) is 9.66. The maximum atomic E-state index is 12.2. The zero-order chi connectivity index (χ0) is 28.0. The number of aromatic nitrogens is 4. The maximum Gasteiger partial charge on any atom is 0.407 e. The van der Waals surface area contributed by atoms with E-state index in [1.54, 1.807) is 6.20 Å². The molecule has 2 aromatic heterocycles. The van der Waals surface area contributed by atoms with Crippen LogP contribution in [0.2, 0.25) is 5.02 Å². The second-order valence-electron chi connectivity index (χ2n) is 11.6. The van der Waals surface area contributed by atoms with Gasteiger partial charge in [-0.05, 0) is 71.6 Å². The molecule has 2 aliphatic carbocycles. The molecule has 0 atom stereocenters. The number of carbonyl (C=O) groups is 2. The molecule has 39 heavy (non-hydrogen) atoms. The van der Waals surface area contributed by atoms with Crippen LogP contribution in [0, 0.1) is 5.92 Å². The Bertz CT molecular complexity index is 1140. The van der Waals surface area contributed by atoms with E-state index >= 15 is 0 Å². The van der Waals surface area contributed by atoms with Gasteiger partial charge in [-0.3, -0.25) is 9.48 Å². The third-order valence-electron chi connectivity index (χ3n) is 6.99. The van der Waals surface area contributed by atoms with Crippen LogP contribution in [0.25, 0.3) is 11.3 Å². The molecule has 2 aliphatic rings. The summed E-state index contributed by atoms with van der Waals surface area (Å²) in [6, 6.07) is 0.520. The third kappa shape index (κ3) is 9.06. The van der Waals surface area contributed by atoms with Gasteiger partial charge in [0.15, 0.2) is 0 Å². The quantitative estimate of drug-likeness (QED) is 0.307. The molecule has 2 saturated carbocycles. The number of rotatable bonds is 11. The molecule has 12 heteroatoms. The van der Waals surface area contributed by atoms with Crippen LogP contribution in [0.5, 0.6) is 0 Å². The van der Waals surface area contributed by atoms with E-state index in [-0.39, 0.29) is 43.2 Å². The van der Waals surface area contributed by atoms with Gasteiger partial charge in [-0.15, -0.1) is 0 Å². The molecule has 2 aromatic rings. The molecule has 2 amide bonds. The fourth-order valence-corrected chi connectivity index (χ4v) is 4.92. The van der Waals surface area contributed by atoms with Crippen LogP contribution in [-0.2, 0) is 23.0 Å². The van der Waals surface area contributed by atoms with E-state index < -0.39 is 6.09 Å². The lowest BCUT2D eigenvalue weighted by atomic mass is 9.91. The molecule has 0 bridgehead atoms. The number of alkyl carbamates (subject to hydrolysis) is 1. The summed E-state index contributed by atoms with van der Waals surface area (Å²) in [6.45, 7) is 6.26. The summed E-state index contributed by atoms with van der Waals surface area (Å²) in [5.41, 5.74) is 2.51. The molecule has 0 aromatic carbocycles.